The molecule has 20 heavy (non-hydrogen) atoms. The number of carbonyl (C=O) groups excluding carboxylic acids is 1. The molecule has 1 aliphatic rings. The highest BCUT2D eigenvalue weighted by molar-refractivity contribution is 5.94. The summed E-state index contributed by atoms with van der Waals surface area (Å²) >= 11 is 0. The summed E-state index contributed by atoms with van der Waals surface area (Å²) in [7, 11) is 0. The first-order chi connectivity index (χ1) is 9.50. The van der Waals surface area contributed by atoms with Crippen molar-refractivity contribution in [3.63, 3.8) is 0 Å². The van der Waals surface area contributed by atoms with Gasteiger partial charge in [0, 0.05) is 18.8 Å². The van der Waals surface area contributed by atoms with Crippen molar-refractivity contribution in [2.24, 2.45) is 5.41 Å². The minimum Gasteiger partial charge on any atom is -0.370 e. The van der Waals surface area contributed by atoms with Gasteiger partial charge in [0.25, 0.3) is 5.91 Å². The Kier molecular flexibility index (Phi) is 4.63. The number of carbonyl (C=O) groups is 1. The van der Waals surface area contributed by atoms with Crippen LogP contribution in [0.3, 0.4) is 0 Å². The number of nitrogens with one attached hydrogen (secondary N) is 2. The minimum absolute atomic E-state index is 0.0118. The molecular formula is C16H25N3O. The highest BCUT2D eigenvalue weighted by atomic mass is 16.1. The summed E-state index contributed by atoms with van der Waals surface area (Å²) in [6.07, 6.45) is 6.01. The Bertz CT molecular complexity index is 453. The predicted octanol–water partition coefficient (Wildman–Crippen LogP) is 3.21. The third-order valence-electron chi connectivity index (χ3n) is 3.89. The maximum absolute atomic E-state index is 12.2. The SMILES string of the molecule is CCCNc1ccc(C(=O)NC2CCC(C)(C)C2)cn1. The molecule has 2 N–H and O–H groups in total. The van der Waals surface area contributed by atoms with E-state index < -0.39 is 0 Å². The topological polar surface area (TPSA) is 54.0 Å². The van der Waals surface area contributed by atoms with Gasteiger partial charge in [0.15, 0.2) is 0 Å². The lowest BCUT2D eigenvalue weighted by molar-refractivity contribution is 0.0935. The van der Waals surface area contributed by atoms with Gasteiger partial charge in [0.2, 0.25) is 0 Å². The molecule has 1 fully saturated rings. The molecule has 1 atom stereocenters. The normalized spacial score (nSPS) is 20.6. The Hall–Kier alpha value is -1.58. The first kappa shape index (κ1) is 14.8. The van der Waals surface area contributed by atoms with E-state index in [2.05, 4.69) is 36.4 Å². The molecule has 0 radical (unpaired) electrons. The number of pyridine rings is 1. The quantitative estimate of drug-likeness (QED) is 0.867. The van der Waals surface area contributed by atoms with Gasteiger partial charge >= 0.3 is 0 Å². The van der Waals surface area contributed by atoms with E-state index in [1.807, 2.05) is 12.1 Å². The molecule has 0 aliphatic heterocycles. The lowest BCUT2D eigenvalue weighted by atomic mass is 9.92. The zero-order valence-corrected chi connectivity index (χ0v) is 12.7. The minimum atomic E-state index is -0.0118. The Labute approximate surface area is 121 Å². The number of anilines is 1. The van der Waals surface area contributed by atoms with Gasteiger partial charge in [-0.15, -0.1) is 0 Å². The average Bonchev–Trinajstić information content (AvgIpc) is 2.76. The van der Waals surface area contributed by atoms with Crippen LogP contribution in [0, 0.1) is 5.41 Å². The lowest BCUT2D eigenvalue weighted by Crippen LogP contribution is -2.33. The van der Waals surface area contributed by atoms with E-state index in [4.69, 9.17) is 0 Å². The largest absolute Gasteiger partial charge is 0.370 e. The number of amides is 1. The van der Waals surface area contributed by atoms with Crippen LogP contribution in [0.4, 0.5) is 5.82 Å². The molecule has 1 amide bonds. The van der Waals surface area contributed by atoms with Crippen LogP contribution in [0.15, 0.2) is 18.3 Å². The van der Waals surface area contributed by atoms with Crippen molar-refractivity contribution in [2.75, 3.05) is 11.9 Å². The van der Waals surface area contributed by atoms with Crippen molar-refractivity contribution < 1.29 is 4.79 Å². The van der Waals surface area contributed by atoms with Crippen LogP contribution in [0.1, 0.15) is 56.8 Å². The summed E-state index contributed by atoms with van der Waals surface area (Å²) in [5, 5.41) is 6.32. The Morgan fingerprint density at radius 3 is 2.80 bits per heavy atom. The molecule has 1 aromatic heterocycles. The van der Waals surface area contributed by atoms with Crippen LogP contribution in [0.25, 0.3) is 0 Å². The van der Waals surface area contributed by atoms with Gasteiger partial charge in [-0.05, 0) is 43.2 Å². The molecule has 0 saturated heterocycles. The molecule has 4 nitrogen and oxygen atoms in total. The van der Waals surface area contributed by atoms with Crippen LogP contribution >= 0.6 is 0 Å². The first-order valence-electron chi connectivity index (χ1n) is 7.51. The van der Waals surface area contributed by atoms with Gasteiger partial charge in [0.05, 0.1) is 5.56 Å². The molecule has 110 valence electrons. The fraction of sp³-hybridized carbons (Fsp3) is 0.625. The van der Waals surface area contributed by atoms with Crippen LogP contribution in [0.5, 0.6) is 0 Å². The molecule has 1 heterocycles. The molecule has 0 spiro atoms. The van der Waals surface area contributed by atoms with E-state index in [0.717, 1.165) is 31.6 Å². The fourth-order valence-electron chi connectivity index (χ4n) is 2.71. The third-order valence-corrected chi connectivity index (χ3v) is 3.89. The molecular weight excluding hydrogens is 250 g/mol. The zero-order valence-electron chi connectivity index (χ0n) is 12.7. The molecule has 1 aliphatic carbocycles. The van der Waals surface area contributed by atoms with E-state index >= 15 is 0 Å². The molecule has 2 rings (SSSR count). The van der Waals surface area contributed by atoms with E-state index in [9.17, 15) is 4.79 Å². The second-order valence-corrected chi connectivity index (χ2v) is 6.44. The predicted molar refractivity (Wildman–Crippen MR) is 81.9 cm³/mol. The third kappa shape index (κ3) is 3.95. The van der Waals surface area contributed by atoms with Gasteiger partial charge < -0.3 is 10.6 Å². The van der Waals surface area contributed by atoms with Crippen LogP contribution in [-0.4, -0.2) is 23.5 Å². The van der Waals surface area contributed by atoms with E-state index in [0.29, 0.717) is 17.0 Å². The monoisotopic (exact) mass is 275 g/mol. The number of rotatable bonds is 5. The van der Waals surface area contributed by atoms with Crippen LogP contribution in [0.2, 0.25) is 0 Å². The Morgan fingerprint density at radius 2 is 2.25 bits per heavy atom. The van der Waals surface area contributed by atoms with Gasteiger partial charge in [-0.3, -0.25) is 4.79 Å². The summed E-state index contributed by atoms with van der Waals surface area (Å²) in [6.45, 7) is 7.53. The number of hydrogen-bond donors (Lipinski definition) is 2. The van der Waals surface area contributed by atoms with Crippen molar-refractivity contribution in [2.45, 2.75) is 52.5 Å². The fourth-order valence-corrected chi connectivity index (χ4v) is 2.71. The van der Waals surface area contributed by atoms with Gasteiger partial charge in [0.1, 0.15) is 5.82 Å². The molecule has 1 saturated carbocycles. The Balaban J connectivity index is 1.89. The summed E-state index contributed by atoms with van der Waals surface area (Å²) in [5.74, 6) is 0.813. The van der Waals surface area contributed by atoms with Crippen LogP contribution in [-0.2, 0) is 0 Å². The smallest absolute Gasteiger partial charge is 0.253 e. The number of hydrogen-bond acceptors (Lipinski definition) is 3. The standard InChI is InChI=1S/C16H25N3O/c1-4-9-17-14-6-5-12(11-18-14)15(20)19-13-7-8-16(2,3)10-13/h5-6,11,13H,4,7-10H2,1-3H3,(H,17,18)(H,19,20). The van der Waals surface area contributed by atoms with E-state index in [1.165, 1.54) is 6.42 Å². The van der Waals surface area contributed by atoms with Crippen molar-refractivity contribution in [1.29, 1.82) is 0 Å². The molecule has 1 unspecified atom stereocenters. The van der Waals surface area contributed by atoms with Crippen molar-refractivity contribution in [3.8, 4) is 0 Å². The van der Waals surface area contributed by atoms with Gasteiger partial charge in [-0.2, -0.15) is 0 Å². The van der Waals surface area contributed by atoms with Gasteiger partial charge in [-0.1, -0.05) is 20.8 Å². The number of nitrogens with zero attached hydrogens (tertiary/aromatic N) is 1. The maximum atomic E-state index is 12.2. The second-order valence-electron chi connectivity index (χ2n) is 6.44. The maximum Gasteiger partial charge on any atom is 0.253 e. The van der Waals surface area contributed by atoms with Crippen molar-refractivity contribution in [1.82, 2.24) is 10.3 Å². The summed E-state index contributed by atoms with van der Waals surface area (Å²) in [6, 6.07) is 4.00. The van der Waals surface area contributed by atoms with Crippen LogP contribution < -0.4 is 10.6 Å². The van der Waals surface area contributed by atoms with Crippen molar-refractivity contribution >= 4 is 11.7 Å². The molecule has 4 heteroatoms. The number of aromatic nitrogens is 1. The van der Waals surface area contributed by atoms with Crippen molar-refractivity contribution in [3.05, 3.63) is 23.9 Å². The lowest BCUT2D eigenvalue weighted by Gasteiger charge is -2.17. The first-order valence-corrected chi connectivity index (χ1v) is 7.51. The van der Waals surface area contributed by atoms with E-state index in [1.54, 1.807) is 6.20 Å². The average molecular weight is 275 g/mol. The second kappa shape index (κ2) is 6.25. The summed E-state index contributed by atoms with van der Waals surface area (Å²) in [5.41, 5.74) is 0.987. The highest BCUT2D eigenvalue weighted by Gasteiger charge is 2.31. The molecule has 0 aromatic carbocycles. The summed E-state index contributed by atoms with van der Waals surface area (Å²) in [4.78, 5) is 16.4. The highest BCUT2D eigenvalue weighted by Crippen LogP contribution is 2.36. The Morgan fingerprint density at radius 1 is 1.45 bits per heavy atom. The molecule has 0 bridgehead atoms. The zero-order chi connectivity index (χ0) is 14.6. The van der Waals surface area contributed by atoms with Gasteiger partial charge in [-0.25, -0.2) is 4.98 Å². The van der Waals surface area contributed by atoms with E-state index in [-0.39, 0.29) is 5.91 Å². The summed E-state index contributed by atoms with van der Waals surface area (Å²) < 4.78 is 0. The molecule has 1 aromatic rings.